The first-order chi connectivity index (χ1) is 26.1. The van der Waals surface area contributed by atoms with Gasteiger partial charge in [0.2, 0.25) is 0 Å². The third-order valence-corrected chi connectivity index (χ3v) is 10.1. The number of nitrogens with two attached hydrogens (primary N) is 1. The summed E-state index contributed by atoms with van der Waals surface area (Å²) in [5.74, 6) is 0.623. The molecule has 0 bridgehead atoms. The molecule has 0 unspecified atom stereocenters. The molecule has 0 saturated carbocycles. The average Bonchev–Trinajstić information content (AvgIpc) is 3.47. The van der Waals surface area contributed by atoms with Crippen LogP contribution in [0.5, 0.6) is 0 Å². The van der Waals surface area contributed by atoms with E-state index in [1.54, 1.807) is 55.6 Å². The van der Waals surface area contributed by atoms with E-state index < -0.39 is 30.0 Å². The summed E-state index contributed by atoms with van der Waals surface area (Å²) in [5.41, 5.74) is 9.07. The molecule has 6 aromatic rings. The number of nitrogens with one attached hydrogen (secondary N) is 2. The third-order valence-electron chi connectivity index (χ3n) is 8.28. The lowest BCUT2D eigenvalue weighted by Gasteiger charge is -2.21. The number of pyridine rings is 1. The summed E-state index contributed by atoms with van der Waals surface area (Å²) in [6.45, 7) is 2.64. The number of anilines is 2. The van der Waals surface area contributed by atoms with Gasteiger partial charge in [0.25, 0.3) is 26.1 Å². The number of benzene rings is 4. The summed E-state index contributed by atoms with van der Waals surface area (Å²) in [5, 5.41) is 10.9. The second kappa shape index (κ2) is 16.9. The Kier molecular flexibility index (Phi) is 12.3. The molecule has 0 saturated heterocycles. The maximum Gasteiger partial charge on any atom is 0.307 e. The number of nitrogens with zero attached hydrogens (tertiary/aromatic N) is 4. The molecule has 0 aliphatic heterocycles. The Labute approximate surface area is 316 Å². The molecular weight excluding hydrogens is 751 g/mol. The van der Waals surface area contributed by atoms with Crippen LogP contribution in [0, 0.1) is 5.41 Å². The summed E-state index contributed by atoms with van der Waals surface area (Å²) < 4.78 is 69.7. The number of fused-ring (bicyclic) bond motifs is 2. The topological polar surface area (TPSA) is 248 Å². The van der Waals surface area contributed by atoms with Crippen LogP contribution in [-0.2, 0) is 43.4 Å². The van der Waals surface area contributed by atoms with E-state index >= 15 is 0 Å². The first kappa shape index (κ1) is 40.0. The molecule has 0 aliphatic rings. The van der Waals surface area contributed by atoms with E-state index in [9.17, 15) is 26.4 Å². The molecule has 286 valence electrons. The van der Waals surface area contributed by atoms with Crippen molar-refractivity contribution < 1.29 is 40.3 Å². The molecule has 0 atom stereocenters. The maximum absolute atomic E-state index is 13.5. The first-order valence-corrected chi connectivity index (χ1v) is 19.5. The van der Waals surface area contributed by atoms with Gasteiger partial charge in [-0.25, -0.2) is 9.97 Å². The predicted molar refractivity (Wildman–Crippen MR) is 206 cm³/mol. The number of aryl methyl sites for hydroxylation is 1. The van der Waals surface area contributed by atoms with E-state index in [1.165, 1.54) is 29.2 Å². The van der Waals surface area contributed by atoms with Gasteiger partial charge in [0.05, 0.1) is 30.6 Å². The Morgan fingerprint density at radius 1 is 0.873 bits per heavy atom. The smallest absolute Gasteiger partial charge is 0.307 e. The first-order valence-electron chi connectivity index (χ1n) is 16.6. The Morgan fingerprint density at radius 2 is 1.49 bits per heavy atom. The van der Waals surface area contributed by atoms with Crippen LogP contribution in [0.4, 0.5) is 11.5 Å². The zero-order valence-corrected chi connectivity index (χ0v) is 31.2. The second-order valence-corrected chi connectivity index (χ2v) is 14.7. The Bertz CT molecular complexity index is 2530. The van der Waals surface area contributed by atoms with Crippen molar-refractivity contribution in [2.24, 2.45) is 12.8 Å². The summed E-state index contributed by atoms with van der Waals surface area (Å²) in [6.07, 6.45) is 1.67. The summed E-state index contributed by atoms with van der Waals surface area (Å²) in [4.78, 5) is 35.1. The van der Waals surface area contributed by atoms with Gasteiger partial charge in [0.1, 0.15) is 27.3 Å². The van der Waals surface area contributed by atoms with E-state index in [0.717, 1.165) is 29.2 Å². The maximum atomic E-state index is 13.5. The van der Waals surface area contributed by atoms with Crippen molar-refractivity contribution in [2.45, 2.75) is 29.7 Å². The number of carbonyl (C=O) groups is 2. The molecule has 1 amide bonds. The monoisotopic (exact) mass is 787 g/mol. The van der Waals surface area contributed by atoms with Crippen LogP contribution in [0.15, 0.2) is 113 Å². The highest BCUT2D eigenvalue weighted by Gasteiger charge is 2.22. The predicted octanol–water partition coefficient (Wildman–Crippen LogP) is 4.80. The van der Waals surface area contributed by atoms with E-state index in [1.807, 2.05) is 29.8 Å². The number of ether oxygens (including phenoxy) is 1. The van der Waals surface area contributed by atoms with Crippen molar-refractivity contribution in [1.29, 1.82) is 5.41 Å². The second-order valence-electron chi connectivity index (χ2n) is 11.9. The van der Waals surface area contributed by atoms with Crippen LogP contribution in [0.25, 0.3) is 21.8 Å². The quantitative estimate of drug-likeness (QED) is 0.0485. The number of esters is 1. The minimum absolute atomic E-state index is 0.0229. The van der Waals surface area contributed by atoms with Crippen molar-refractivity contribution in [2.75, 3.05) is 23.4 Å². The van der Waals surface area contributed by atoms with Crippen LogP contribution in [0.1, 0.15) is 35.1 Å². The lowest BCUT2D eigenvalue weighted by Crippen LogP contribution is -2.34. The van der Waals surface area contributed by atoms with Gasteiger partial charge >= 0.3 is 5.97 Å². The molecule has 6 rings (SSSR count). The van der Waals surface area contributed by atoms with E-state index in [4.69, 9.17) is 30.0 Å². The Hall–Kier alpha value is -6.21. The van der Waals surface area contributed by atoms with Gasteiger partial charge in [-0.05, 0) is 73.7 Å². The van der Waals surface area contributed by atoms with Gasteiger partial charge in [0.15, 0.2) is 0 Å². The molecule has 16 nitrogen and oxygen atoms in total. The Morgan fingerprint density at radius 3 is 2.04 bits per heavy atom. The van der Waals surface area contributed by atoms with Crippen molar-refractivity contribution in [3.63, 3.8) is 0 Å². The molecule has 18 heteroatoms. The van der Waals surface area contributed by atoms with Crippen molar-refractivity contribution in [3.8, 4) is 0 Å². The number of hydrogen-bond acceptors (Lipinski definition) is 11. The fraction of sp³-hybridized carbons (Fsp3) is 0.162. The number of aromatic nitrogens is 3. The number of amides is 1. The summed E-state index contributed by atoms with van der Waals surface area (Å²) in [7, 11) is -7.01. The van der Waals surface area contributed by atoms with Crippen molar-refractivity contribution >= 4 is 71.3 Å². The molecule has 55 heavy (non-hydrogen) atoms. The van der Waals surface area contributed by atoms with Crippen LogP contribution >= 0.6 is 0 Å². The summed E-state index contributed by atoms with van der Waals surface area (Å²) >= 11 is 0. The van der Waals surface area contributed by atoms with Crippen LogP contribution in [0.2, 0.25) is 0 Å². The lowest BCUT2D eigenvalue weighted by atomic mass is 10.1. The number of amidine groups is 1. The highest BCUT2D eigenvalue weighted by atomic mass is 32.2. The van der Waals surface area contributed by atoms with Gasteiger partial charge in [-0.2, -0.15) is 16.8 Å². The fourth-order valence-corrected chi connectivity index (χ4v) is 7.03. The molecule has 6 N–H and O–H groups in total. The molecule has 0 spiro atoms. The van der Waals surface area contributed by atoms with E-state index in [2.05, 4.69) is 10.3 Å². The molecule has 2 aromatic heterocycles. The molecule has 4 aromatic carbocycles. The minimum atomic E-state index is -4.47. The standard InChI is InChI=1S/C27H29N7O3.C10H8O6S2/c1-3-37-25(35)13-15-34(23-6-4-5-14-30-23)27(36)19-9-12-22-21(16-19)32-24(33(22)2)17-31-20-10-7-18(8-11-20)26(28)29;11-17(12,13)9-5-1-3-7-8(9)4-2-6-10(7)18(14,15)16/h4-12,14,16,31H,3,13,15,17H2,1-2H3,(H3,28,29);1-6H,(H,11,12,13)(H,14,15,16). The largest absolute Gasteiger partial charge is 0.466 e. The number of nitrogen functional groups attached to an aromatic ring is 1. The summed E-state index contributed by atoms with van der Waals surface area (Å²) in [6, 6.07) is 25.5. The number of carbonyl (C=O) groups excluding carboxylic acids is 2. The van der Waals surface area contributed by atoms with Gasteiger partial charge < -0.3 is 20.4 Å². The zero-order chi connectivity index (χ0) is 39.9. The Balaban J connectivity index is 0.000000269. The number of rotatable bonds is 12. The van der Waals surface area contributed by atoms with E-state index in [-0.39, 0.29) is 48.1 Å². The van der Waals surface area contributed by atoms with Crippen LogP contribution in [0.3, 0.4) is 0 Å². The van der Waals surface area contributed by atoms with Crippen molar-refractivity contribution in [1.82, 2.24) is 14.5 Å². The number of imidazole rings is 1. The van der Waals surface area contributed by atoms with E-state index in [0.29, 0.717) is 29.0 Å². The molecule has 0 radical (unpaired) electrons. The van der Waals surface area contributed by atoms with Crippen LogP contribution < -0.4 is 16.0 Å². The third kappa shape index (κ3) is 9.67. The zero-order valence-electron chi connectivity index (χ0n) is 29.6. The highest BCUT2D eigenvalue weighted by Crippen LogP contribution is 2.28. The molecular formula is C37H37N7O9S2. The highest BCUT2D eigenvalue weighted by molar-refractivity contribution is 7.86. The fourth-order valence-electron chi connectivity index (χ4n) is 5.62. The van der Waals surface area contributed by atoms with Crippen LogP contribution in [-0.4, -0.2) is 71.3 Å². The van der Waals surface area contributed by atoms with Gasteiger partial charge in [-0.3, -0.25) is 29.0 Å². The normalized spacial score (nSPS) is 11.4. The number of hydrogen-bond donors (Lipinski definition) is 5. The van der Waals surface area contributed by atoms with Crippen molar-refractivity contribution in [3.05, 3.63) is 120 Å². The molecule has 2 heterocycles. The lowest BCUT2D eigenvalue weighted by molar-refractivity contribution is -0.142. The van der Waals surface area contributed by atoms with Gasteiger partial charge in [-0.15, -0.1) is 0 Å². The van der Waals surface area contributed by atoms with Gasteiger partial charge in [-0.1, -0.05) is 30.3 Å². The average molecular weight is 788 g/mol. The van der Waals surface area contributed by atoms with Gasteiger partial charge in [0, 0.05) is 47.4 Å². The molecule has 0 fully saturated rings. The molecule has 0 aliphatic carbocycles. The minimum Gasteiger partial charge on any atom is -0.466 e. The SMILES string of the molecule is CCOC(=O)CCN(C(=O)c1ccc2c(c1)nc(CNc1ccc(C(=N)N)cc1)n2C)c1ccccn1.O=S(=O)(O)c1cccc2c(S(=O)(=O)O)cccc12.